The highest BCUT2D eigenvalue weighted by molar-refractivity contribution is 5.20. The molecule has 1 aliphatic rings. The molecule has 3 heteroatoms. The second kappa shape index (κ2) is 4.58. The predicted molar refractivity (Wildman–Crippen MR) is 64.3 cm³/mol. The van der Waals surface area contributed by atoms with Crippen LogP contribution < -0.4 is 5.32 Å². The Morgan fingerprint density at radius 3 is 2.50 bits per heavy atom. The second-order valence-electron chi connectivity index (χ2n) is 5.28. The first kappa shape index (κ1) is 11.6. The molecule has 0 aromatic carbocycles. The highest BCUT2D eigenvalue weighted by Crippen LogP contribution is 2.28. The van der Waals surface area contributed by atoms with Gasteiger partial charge in [-0.1, -0.05) is 24.4 Å². The molecule has 1 aliphatic carbocycles. The lowest BCUT2D eigenvalue weighted by molar-refractivity contribution is 0.252. The van der Waals surface area contributed by atoms with Crippen LogP contribution in [0.4, 0.5) is 0 Å². The van der Waals surface area contributed by atoms with E-state index in [1.807, 2.05) is 13.8 Å². The summed E-state index contributed by atoms with van der Waals surface area (Å²) in [5, 5.41) is 7.67. The zero-order valence-corrected chi connectivity index (χ0v) is 10.6. The van der Waals surface area contributed by atoms with Crippen LogP contribution in [0.3, 0.4) is 0 Å². The lowest BCUT2D eigenvalue weighted by Gasteiger charge is -2.34. The number of hydrogen-bond donors (Lipinski definition) is 1. The summed E-state index contributed by atoms with van der Waals surface area (Å²) in [5.74, 6) is 0.949. The monoisotopic (exact) mass is 222 g/mol. The largest absolute Gasteiger partial charge is 0.361 e. The van der Waals surface area contributed by atoms with Gasteiger partial charge in [0, 0.05) is 17.6 Å². The van der Waals surface area contributed by atoms with E-state index in [9.17, 15) is 0 Å². The molecule has 0 bridgehead atoms. The van der Waals surface area contributed by atoms with E-state index < -0.39 is 0 Å². The third-order valence-corrected chi connectivity index (χ3v) is 3.83. The summed E-state index contributed by atoms with van der Waals surface area (Å²) in [6.45, 7) is 7.22. The van der Waals surface area contributed by atoms with Crippen LogP contribution in [0.15, 0.2) is 4.52 Å². The van der Waals surface area contributed by atoms with E-state index in [2.05, 4.69) is 17.4 Å². The SMILES string of the molecule is Cc1noc(C)c1CNC1(C)CCCCC1. The van der Waals surface area contributed by atoms with Crippen molar-refractivity contribution < 1.29 is 4.52 Å². The zero-order chi connectivity index (χ0) is 11.6. The normalized spacial score (nSPS) is 19.9. The molecular formula is C13H22N2O. The summed E-state index contributed by atoms with van der Waals surface area (Å²) in [7, 11) is 0. The molecule has 0 saturated heterocycles. The Morgan fingerprint density at radius 2 is 1.94 bits per heavy atom. The molecule has 1 saturated carbocycles. The molecule has 3 nitrogen and oxygen atoms in total. The van der Waals surface area contributed by atoms with Gasteiger partial charge in [0.15, 0.2) is 0 Å². The number of aromatic nitrogens is 1. The smallest absolute Gasteiger partial charge is 0.138 e. The molecule has 0 radical (unpaired) electrons. The van der Waals surface area contributed by atoms with Gasteiger partial charge in [0.2, 0.25) is 0 Å². The Bertz CT molecular complexity index is 331. The molecule has 0 unspecified atom stereocenters. The number of nitrogens with one attached hydrogen (secondary N) is 1. The van der Waals surface area contributed by atoms with Crippen LogP contribution >= 0.6 is 0 Å². The molecule has 0 atom stereocenters. The summed E-state index contributed by atoms with van der Waals surface area (Å²) >= 11 is 0. The molecule has 1 N–H and O–H groups in total. The van der Waals surface area contributed by atoms with Gasteiger partial charge in [-0.25, -0.2) is 0 Å². The fraction of sp³-hybridized carbons (Fsp3) is 0.769. The molecule has 90 valence electrons. The van der Waals surface area contributed by atoms with Crippen LogP contribution in [0.2, 0.25) is 0 Å². The van der Waals surface area contributed by atoms with Crippen LogP contribution in [-0.4, -0.2) is 10.7 Å². The summed E-state index contributed by atoms with van der Waals surface area (Å²) < 4.78 is 5.18. The first-order valence-corrected chi connectivity index (χ1v) is 6.27. The molecule has 1 heterocycles. The van der Waals surface area contributed by atoms with E-state index in [-0.39, 0.29) is 0 Å². The summed E-state index contributed by atoms with van der Waals surface area (Å²) in [5.41, 5.74) is 2.56. The standard InChI is InChI=1S/C13H22N2O/c1-10-12(11(2)16-15-10)9-14-13(3)7-5-4-6-8-13/h14H,4-9H2,1-3H3. The Hall–Kier alpha value is -0.830. The van der Waals surface area contributed by atoms with Crippen molar-refractivity contribution >= 4 is 0 Å². The molecule has 0 amide bonds. The van der Waals surface area contributed by atoms with Crippen molar-refractivity contribution in [2.45, 2.75) is 65.0 Å². The highest BCUT2D eigenvalue weighted by atomic mass is 16.5. The van der Waals surface area contributed by atoms with E-state index in [4.69, 9.17) is 4.52 Å². The molecular weight excluding hydrogens is 200 g/mol. The first-order valence-electron chi connectivity index (χ1n) is 6.27. The highest BCUT2D eigenvalue weighted by Gasteiger charge is 2.26. The maximum atomic E-state index is 5.18. The Kier molecular flexibility index (Phi) is 3.33. The van der Waals surface area contributed by atoms with Crippen LogP contribution in [0.5, 0.6) is 0 Å². The molecule has 0 spiro atoms. The molecule has 1 fully saturated rings. The molecule has 2 rings (SSSR count). The fourth-order valence-electron chi connectivity index (χ4n) is 2.56. The predicted octanol–water partition coefficient (Wildman–Crippen LogP) is 3.10. The Labute approximate surface area is 97.6 Å². The van der Waals surface area contributed by atoms with E-state index in [0.717, 1.165) is 18.0 Å². The number of nitrogens with zero attached hydrogens (tertiary/aromatic N) is 1. The van der Waals surface area contributed by atoms with Gasteiger partial charge in [-0.15, -0.1) is 0 Å². The maximum absolute atomic E-state index is 5.18. The van der Waals surface area contributed by atoms with Gasteiger partial charge in [0.25, 0.3) is 0 Å². The minimum atomic E-state index is 0.314. The Balaban J connectivity index is 1.96. The van der Waals surface area contributed by atoms with Crippen molar-refractivity contribution in [3.63, 3.8) is 0 Å². The van der Waals surface area contributed by atoms with E-state index in [0.29, 0.717) is 5.54 Å². The Morgan fingerprint density at radius 1 is 1.25 bits per heavy atom. The quantitative estimate of drug-likeness (QED) is 0.854. The van der Waals surface area contributed by atoms with Crippen molar-refractivity contribution in [3.05, 3.63) is 17.0 Å². The molecule has 16 heavy (non-hydrogen) atoms. The lowest BCUT2D eigenvalue weighted by Crippen LogP contribution is -2.43. The fourth-order valence-corrected chi connectivity index (χ4v) is 2.56. The van der Waals surface area contributed by atoms with Crippen LogP contribution in [0.25, 0.3) is 0 Å². The van der Waals surface area contributed by atoms with Gasteiger partial charge >= 0.3 is 0 Å². The number of aryl methyl sites for hydroxylation is 2. The summed E-state index contributed by atoms with van der Waals surface area (Å²) in [6, 6.07) is 0. The van der Waals surface area contributed by atoms with Crippen molar-refractivity contribution in [2.75, 3.05) is 0 Å². The first-order chi connectivity index (χ1) is 7.61. The number of hydrogen-bond acceptors (Lipinski definition) is 3. The van der Waals surface area contributed by atoms with Gasteiger partial charge in [-0.2, -0.15) is 0 Å². The van der Waals surface area contributed by atoms with Gasteiger partial charge in [-0.05, 0) is 33.6 Å². The van der Waals surface area contributed by atoms with Crippen molar-refractivity contribution in [1.82, 2.24) is 10.5 Å². The van der Waals surface area contributed by atoms with Gasteiger partial charge in [0.1, 0.15) is 5.76 Å². The maximum Gasteiger partial charge on any atom is 0.138 e. The second-order valence-corrected chi connectivity index (χ2v) is 5.28. The lowest BCUT2D eigenvalue weighted by atomic mass is 9.83. The molecule has 1 aromatic rings. The average Bonchev–Trinajstić information content (AvgIpc) is 2.57. The van der Waals surface area contributed by atoms with Crippen molar-refractivity contribution in [3.8, 4) is 0 Å². The average molecular weight is 222 g/mol. The van der Waals surface area contributed by atoms with Gasteiger partial charge in [0.05, 0.1) is 5.69 Å². The van der Waals surface area contributed by atoms with E-state index in [1.54, 1.807) is 0 Å². The number of rotatable bonds is 3. The van der Waals surface area contributed by atoms with Crippen molar-refractivity contribution in [1.29, 1.82) is 0 Å². The van der Waals surface area contributed by atoms with E-state index in [1.165, 1.54) is 37.7 Å². The minimum absolute atomic E-state index is 0.314. The third-order valence-electron chi connectivity index (χ3n) is 3.83. The van der Waals surface area contributed by atoms with Crippen LogP contribution in [0.1, 0.15) is 56.0 Å². The minimum Gasteiger partial charge on any atom is -0.361 e. The van der Waals surface area contributed by atoms with Crippen LogP contribution in [0, 0.1) is 13.8 Å². The molecule has 0 aliphatic heterocycles. The van der Waals surface area contributed by atoms with E-state index >= 15 is 0 Å². The van der Waals surface area contributed by atoms with Gasteiger partial charge in [-0.3, -0.25) is 0 Å². The van der Waals surface area contributed by atoms with Crippen molar-refractivity contribution in [2.24, 2.45) is 0 Å². The van der Waals surface area contributed by atoms with Gasteiger partial charge < -0.3 is 9.84 Å². The summed E-state index contributed by atoms with van der Waals surface area (Å²) in [6.07, 6.45) is 6.67. The molecule has 1 aromatic heterocycles. The van der Waals surface area contributed by atoms with Crippen LogP contribution in [-0.2, 0) is 6.54 Å². The summed E-state index contributed by atoms with van der Waals surface area (Å²) in [4.78, 5) is 0. The zero-order valence-electron chi connectivity index (χ0n) is 10.6. The topological polar surface area (TPSA) is 38.1 Å². The third kappa shape index (κ3) is 2.46.